The van der Waals surface area contributed by atoms with Crippen LogP contribution in [0.2, 0.25) is 0 Å². The maximum absolute atomic E-state index is 12.3. The summed E-state index contributed by atoms with van der Waals surface area (Å²) < 4.78 is 1.66. The van der Waals surface area contributed by atoms with Gasteiger partial charge in [0.05, 0.1) is 11.8 Å². The van der Waals surface area contributed by atoms with Gasteiger partial charge in [-0.1, -0.05) is 37.3 Å². The van der Waals surface area contributed by atoms with Gasteiger partial charge in [-0.2, -0.15) is 5.10 Å². The van der Waals surface area contributed by atoms with E-state index in [0.29, 0.717) is 5.56 Å². The van der Waals surface area contributed by atoms with E-state index < -0.39 is 0 Å². The average Bonchev–Trinajstić information content (AvgIpc) is 3.08. The lowest BCUT2D eigenvalue weighted by molar-refractivity contribution is 0.0790. The summed E-state index contributed by atoms with van der Waals surface area (Å²) in [6.07, 6.45) is 6.74. The van der Waals surface area contributed by atoms with Crippen LogP contribution in [0.4, 0.5) is 0 Å². The van der Waals surface area contributed by atoms with Gasteiger partial charge in [0.2, 0.25) is 0 Å². The van der Waals surface area contributed by atoms with Gasteiger partial charge in [0, 0.05) is 26.3 Å². The molecule has 0 bridgehead atoms. The van der Waals surface area contributed by atoms with Crippen molar-refractivity contribution in [3.63, 3.8) is 0 Å². The molecule has 1 saturated heterocycles. The van der Waals surface area contributed by atoms with Crippen LogP contribution in [0.1, 0.15) is 42.1 Å². The number of amides is 1. The molecule has 134 valence electrons. The fraction of sp³-hybridized carbons (Fsp3) is 0.500. The van der Waals surface area contributed by atoms with Gasteiger partial charge in [-0.05, 0) is 43.3 Å². The Bertz CT molecular complexity index is 687. The van der Waals surface area contributed by atoms with Crippen molar-refractivity contribution < 1.29 is 4.79 Å². The molecule has 5 heteroatoms. The maximum atomic E-state index is 12.3. The lowest BCUT2D eigenvalue weighted by Gasteiger charge is -2.41. The smallest absolute Gasteiger partial charge is 0.254 e. The minimum absolute atomic E-state index is 0.0207. The summed E-state index contributed by atoms with van der Waals surface area (Å²) in [6.45, 7) is 6.18. The van der Waals surface area contributed by atoms with Gasteiger partial charge in [0.25, 0.3) is 5.91 Å². The number of carbonyl (C=O) groups excluding carboxylic acids is 1. The Morgan fingerprint density at radius 2 is 1.96 bits per heavy atom. The minimum atomic E-state index is -0.0207. The third-order valence-corrected chi connectivity index (χ3v) is 5.51. The lowest BCUT2D eigenvalue weighted by Crippen LogP contribution is -2.45. The van der Waals surface area contributed by atoms with Crippen molar-refractivity contribution in [1.29, 1.82) is 0 Å². The van der Waals surface area contributed by atoms with E-state index in [1.807, 2.05) is 7.05 Å². The molecule has 1 aromatic carbocycles. The van der Waals surface area contributed by atoms with E-state index in [4.69, 9.17) is 0 Å². The number of benzene rings is 1. The zero-order chi connectivity index (χ0) is 17.7. The van der Waals surface area contributed by atoms with E-state index in [1.54, 1.807) is 17.1 Å². The van der Waals surface area contributed by atoms with Crippen molar-refractivity contribution in [1.82, 2.24) is 20.0 Å². The van der Waals surface area contributed by atoms with Crippen molar-refractivity contribution >= 4 is 5.91 Å². The second-order valence-corrected chi connectivity index (χ2v) is 7.20. The van der Waals surface area contributed by atoms with Crippen LogP contribution >= 0.6 is 0 Å². The molecular weight excluding hydrogens is 312 g/mol. The van der Waals surface area contributed by atoms with Crippen LogP contribution in [0.25, 0.3) is 0 Å². The Morgan fingerprint density at radius 3 is 2.56 bits per heavy atom. The predicted molar refractivity (Wildman–Crippen MR) is 99.2 cm³/mol. The fourth-order valence-corrected chi connectivity index (χ4v) is 3.59. The summed E-state index contributed by atoms with van der Waals surface area (Å²) in [5.74, 6) is -0.0207. The Kier molecular flexibility index (Phi) is 5.53. The maximum Gasteiger partial charge on any atom is 0.254 e. The number of hydrogen-bond donors (Lipinski definition) is 1. The Labute approximate surface area is 150 Å². The highest BCUT2D eigenvalue weighted by Crippen LogP contribution is 2.34. The van der Waals surface area contributed by atoms with Crippen molar-refractivity contribution in [3.05, 3.63) is 53.9 Å². The molecule has 3 rings (SSSR count). The van der Waals surface area contributed by atoms with Crippen molar-refractivity contribution in [2.45, 2.75) is 32.7 Å². The van der Waals surface area contributed by atoms with Crippen LogP contribution in [-0.2, 0) is 13.6 Å². The van der Waals surface area contributed by atoms with Crippen molar-refractivity contribution in [2.75, 3.05) is 19.6 Å². The molecule has 25 heavy (non-hydrogen) atoms. The van der Waals surface area contributed by atoms with E-state index in [1.165, 1.54) is 5.56 Å². The minimum Gasteiger partial charge on any atom is -0.351 e. The molecular formula is C20H28N4O. The molecule has 1 aliphatic rings. The van der Waals surface area contributed by atoms with Crippen LogP contribution in [0, 0.1) is 5.41 Å². The third kappa shape index (κ3) is 4.48. The number of nitrogens with one attached hydrogen (secondary N) is 1. The second kappa shape index (κ2) is 7.83. The predicted octanol–water partition coefficient (Wildman–Crippen LogP) is 2.84. The molecule has 0 radical (unpaired) electrons. The van der Waals surface area contributed by atoms with Crippen LogP contribution in [0.5, 0.6) is 0 Å². The molecule has 2 heterocycles. The van der Waals surface area contributed by atoms with Gasteiger partial charge in [0.1, 0.15) is 0 Å². The molecule has 1 amide bonds. The lowest BCUT2D eigenvalue weighted by atomic mass is 9.76. The Morgan fingerprint density at radius 1 is 1.24 bits per heavy atom. The van der Waals surface area contributed by atoms with Crippen molar-refractivity contribution in [3.8, 4) is 0 Å². The summed E-state index contributed by atoms with van der Waals surface area (Å²) in [7, 11) is 1.83. The largest absolute Gasteiger partial charge is 0.351 e. The molecule has 0 unspecified atom stereocenters. The van der Waals surface area contributed by atoms with Crippen LogP contribution in [0.3, 0.4) is 0 Å². The van der Waals surface area contributed by atoms with E-state index >= 15 is 0 Å². The standard InChI is InChI=1S/C20H28N4O/c1-3-20(16-21-19(25)18-13-22-23(2)15-18)9-11-24(12-10-20)14-17-7-5-4-6-8-17/h4-8,13,15H,3,9-12,14,16H2,1-2H3,(H,21,25). The highest BCUT2D eigenvalue weighted by molar-refractivity contribution is 5.93. The molecule has 1 aliphatic heterocycles. The van der Waals surface area contributed by atoms with E-state index in [-0.39, 0.29) is 11.3 Å². The quantitative estimate of drug-likeness (QED) is 0.880. The number of piperidine rings is 1. The molecule has 1 fully saturated rings. The zero-order valence-corrected chi connectivity index (χ0v) is 15.2. The number of aromatic nitrogens is 2. The summed E-state index contributed by atoms with van der Waals surface area (Å²) in [6, 6.07) is 10.6. The van der Waals surface area contributed by atoms with Gasteiger partial charge < -0.3 is 5.32 Å². The van der Waals surface area contributed by atoms with Crippen LogP contribution in [-0.4, -0.2) is 40.2 Å². The molecule has 0 atom stereocenters. The third-order valence-electron chi connectivity index (χ3n) is 5.51. The highest BCUT2D eigenvalue weighted by atomic mass is 16.1. The number of carbonyl (C=O) groups is 1. The summed E-state index contributed by atoms with van der Waals surface area (Å²) in [5.41, 5.74) is 2.22. The first-order chi connectivity index (χ1) is 12.1. The van der Waals surface area contributed by atoms with Crippen LogP contribution in [0.15, 0.2) is 42.7 Å². The Hall–Kier alpha value is -2.14. The van der Waals surface area contributed by atoms with E-state index in [0.717, 1.165) is 45.4 Å². The molecule has 1 aromatic heterocycles. The first-order valence-electron chi connectivity index (χ1n) is 9.13. The molecule has 2 aromatic rings. The number of nitrogens with zero attached hydrogens (tertiary/aromatic N) is 3. The SMILES string of the molecule is CCC1(CNC(=O)c2cnn(C)c2)CCN(Cc2ccccc2)CC1. The fourth-order valence-electron chi connectivity index (χ4n) is 3.59. The van der Waals surface area contributed by atoms with E-state index in [2.05, 4.69) is 52.6 Å². The normalized spacial score (nSPS) is 17.4. The number of rotatable bonds is 6. The summed E-state index contributed by atoms with van der Waals surface area (Å²) >= 11 is 0. The highest BCUT2D eigenvalue weighted by Gasteiger charge is 2.33. The van der Waals surface area contributed by atoms with Gasteiger partial charge in [0.15, 0.2) is 0 Å². The molecule has 0 spiro atoms. The first kappa shape index (κ1) is 17.7. The molecule has 1 N–H and O–H groups in total. The van der Waals surface area contributed by atoms with Gasteiger partial charge in [-0.3, -0.25) is 14.4 Å². The topological polar surface area (TPSA) is 50.2 Å². The van der Waals surface area contributed by atoms with Gasteiger partial charge in [-0.25, -0.2) is 0 Å². The van der Waals surface area contributed by atoms with Crippen LogP contribution < -0.4 is 5.32 Å². The monoisotopic (exact) mass is 340 g/mol. The summed E-state index contributed by atoms with van der Waals surface area (Å²) in [4.78, 5) is 14.8. The summed E-state index contributed by atoms with van der Waals surface area (Å²) in [5, 5.41) is 7.20. The molecule has 0 aliphatic carbocycles. The number of likely N-dealkylation sites (tertiary alicyclic amines) is 1. The number of aryl methyl sites for hydroxylation is 1. The number of hydrogen-bond acceptors (Lipinski definition) is 3. The second-order valence-electron chi connectivity index (χ2n) is 7.20. The van der Waals surface area contributed by atoms with Gasteiger partial charge >= 0.3 is 0 Å². The average molecular weight is 340 g/mol. The van der Waals surface area contributed by atoms with E-state index in [9.17, 15) is 4.79 Å². The first-order valence-corrected chi connectivity index (χ1v) is 9.13. The van der Waals surface area contributed by atoms with Crippen molar-refractivity contribution in [2.24, 2.45) is 12.5 Å². The zero-order valence-electron chi connectivity index (χ0n) is 15.2. The Balaban J connectivity index is 1.51. The molecule has 5 nitrogen and oxygen atoms in total. The molecule has 0 saturated carbocycles. The van der Waals surface area contributed by atoms with Gasteiger partial charge in [-0.15, -0.1) is 0 Å².